The highest BCUT2D eigenvalue weighted by Crippen LogP contribution is 2.04. The van der Waals surface area contributed by atoms with E-state index >= 15 is 0 Å². The third-order valence-corrected chi connectivity index (χ3v) is 4.59. The Morgan fingerprint density at radius 3 is 1.85 bits per heavy atom. The quantitative estimate of drug-likeness (QED) is 0.0424. The van der Waals surface area contributed by atoms with Crippen LogP contribution in [0.5, 0.6) is 0 Å². The SMILES string of the molecule is NC(=O)CCC(NC(=O)C(N)CO)C(=O)NC(CCCN=C(N)N)C(=O)NC(CS)C(=O)O. The minimum absolute atomic E-state index is 0.0138. The summed E-state index contributed by atoms with van der Waals surface area (Å²) in [4.78, 5) is 63.5. The highest BCUT2D eigenvalue weighted by molar-refractivity contribution is 7.80. The molecule has 0 aromatic heterocycles. The maximum atomic E-state index is 12.8. The molecule has 13 N–H and O–H groups in total. The van der Waals surface area contributed by atoms with E-state index in [0.29, 0.717) is 0 Å². The van der Waals surface area contributed by atoms with Gasteiger partial charge in [0.1, 0.15) is 24.2 Å². The van der Waals surface area contributed by atoms with Crippen molar-refractivity contribution >= 4 is 48.2 Å². The third kappa shape index (κ3) is 12.5. The molecule has 0 saturated carbocycles. The lowest BCUT2D eigenvalue weighted by atomic mass is 10.1. The van der Waals surface area contributed by atoms with Crippen molar-refractivity contribution in [2.45, 2.75) is 49.9 Å². The first-order valence-corrected chi connectivity index (χ1v) is 10.5. The average molecular weight is 493 g/mol. The number of aliphatic hydroxyl groups is 1. The van der Waals surface area contributed by atoms with Gasteiger partial charge in [-0.2, -0.15) is 12.6 Å². The van der Waals surface area contributed by atoms with Gasteiger partial charge in [-0.3, -0.25) is 24.2 Å². The molecule has 0 fully saturated rings. The van der Waals surface area contributed by atoms with Crippen molar-refractivity contribution in [3.05, 3.63) is 0 Å². The minimum Gasteiger partial charge on any atom is -0.480 e. The van der Waals surface area contributed by atoms with E-state index in [1.165, 1.54) is 0 Å². The number of nitrogens with two attached hydrogens (primary N) is 4. The van der Waals surface area contributed by atoms with Gasteiger partial charge in [0.2, 0.25) is 23.6 Å². The molecule has 0 spiro atoms. The molecule has 0 aliphatic heterocycles. The summed E-state index contributed by atoms with van der Waals surface area (Å²) in [6.45, 7) is -0.559. The first-order chi connectivity index (χ1) is 15.4. The van der Waals surface area contributed by atoms with E-state index in [2.05, 4.69) is 33.6 Å². The molecular weight excluding hydrogens is 460 g/mol. The zero-order chi connectivity index (χ0) is 25.6. The number of aliphatic imine (C=N–C) groups is 1. The highest BCUT2D eigenvalue weighted by Gasteiger charge is 2.30. The fourth-order valence-corrected chi connectivity index (χ4v) is 2.67. The molecule has 0 aliphatic carbocycles. The van der Waals surface area contributed by atoms with Gasteiger partial charge in [0.25, 0.3) is 0 Å². The van der Waals surface area contributed by atoms with Gasteiger partial charge in [-0.1, -0.05) is 0 Å². The zero-order valence-electron chi connectivity index (χ0n) is 17.9. The standard InChI is InChI=1S/C17H32N8O7S/c18-8(6-26)13(28)23-10(3-4-12(19)27)15(30)24-9(2-1-5-22-17(20)21)14(29)25-11(7-33)16(31)32/h8-11,26,33H,1-7,18H2,(H2,19,27)(H,23,28)(H,24,30)(H,25,29)(H,31,32)(H4,20,21,22). The van der Waals surface area contributed by atoms with Crippen LogP contribution >= 0.6 is 12.6 Å². The van der Waals surface area contributed by atoms with Crippen LogP contribution in [0.4, 0.5) is 0 Å². The van der Waals surface area contributed by atoms with Gasteiger partial charge in [-0.15, -0.1) is 0 Å². The highest BCUT2D eigenvalue weighted by atomic mass is 32.1. The number of thiol groups is 1. The molecule has 188 valence electrons. The molecule has 0 aliphatic rings. The number of nitrogens with one attached hydrogen (secondary N) is 3. The Bertz CT molecular complexity index is 732. The monoisotopic (exact) mass is 492 g/mol. The van der Waals surface area contributed by atoms with Crippen molar-refractivity contribution in [1.82, 2.24) is 16.0 Å². The Balaban J connectivity index is 5.52. The number of aliphatic hydroxyl groups excluding tert-OH is 1. The van der Waals surface area contributed by atoms with Crippen LogP contribution in [0.15, 0.2) is 4.99 Å². The Labute approximate surface area is 195 Å². The van der Waals surface area contributed by atoms with E-state index < -0.39 is 60.4 Å². The summed E-state index contributed by atoms with van der Waals surface area (Å²) in [5, 5.41) is 25.1. The molecule has 0 radical (unpaired) electrons. The molecule has 0 aromatic rings. The summed E-state index contributed by atoms with van der Waals surface area (Å²) in [5.41, 5.74) is 21.0. The maximum Gasteiger partial charge on any atom is 0.327 e. The smallest absolute Gasteiger partial charge is 0.327 e. The largest absolute Gasteiger partial charge is 0.480 e. The van der Waals surface area contributed by atoms with Crippen LogP contribution in [0.2, 0.25) is 0 Å². The molecule has 4 amide bonds. The van der Waals surface area contributed by atoms with E-state index in [4.69, 9.17) is 33.1 Å². The zero-order valence-corrected chi connectivity index (χ0v) is 18.8. The molecule has 0 saturated heterocycles. The molecule has 15 nitrogen and oxygen atoms in total. The second-order valence-corrected chi connectivity index (χ2v) is 7.31. The van der Waals surface area contributed by atoms with E-state index in [-0.39, 0.29) is 43.9 Å². The fraction of sp³-hybridized carbons (Fsp3) is 0.647. The Hall–Kier alpha value is -3.11. The van der Waals surface area contributed by atoms with Gasteiger partial charge in [0.15, 0.2) is 5.96 Å². The normalized spacial score (nSPS) is 14.2. The van der Waals surface area contributed by atoms with Crippen molar-refractivity contribution in [1.29, 1.82) is 0 Å². The summed E-state index contributed by atoms with van der Waals surface area (Å²) < 4.78 is 0. The van der Waals surface area contributed by atoms with Crippen LogP contribution in [-0.2, 0) is 24.0 Å². The Kier molecular flexibility index (Phi) is 14.2. The minimum atomic E-state index is -1.33. The topological polar surface area (TPSA) is 278 Å². The van der Waals surface area contributed by atoms with E-state index in [1.807, 2.05) is 0 Å². The molecule has 33 heavy (non-hydrogen) atoms. The number of aliphatic carboxylic acids is 1. The van der Waals surface area contributed by atoms with E-state index in [1.54, 1.807) is 0 Å². The number of rotatable bonds is 16. The predicted molar refractivity (Wildman–Crippen MR) is 121 cm³/mol. The van der Waals surface area contributed by atoms with Crippen LogP contribution in [0.1, 0.15) is 25.7 Å². The van der Waals surface area contributed by atoms with Gasteiger partial charge in [-0.05, 0) is 19.3 Å². The second kappa shape index (κ2) is 15.7. The number of carboxylic acids is 1. The van der Waals surface area contributed by atoms with Crippen LogP contribution in [0, 0.1) is 0 Å². The first kappa shape index (κ1) is 29.9. The van der Waals surface area contributed by atoms with Crippen LogP contribution in [0.3, 0.4) is 0 Å². The lowest BCUT2D eigenvalue weighted by Crippen LogP contribution is -2.57. The number of hydrogen-bond donors (Lipinski definition) is 10. The van der Waals surface area contributed by atoms with Crippen molar-refractivity contribution in [2.75, 3.05) is 18.9 Å². The summed E-state index contributed by atoms with van der Waals surface area (Å²) in [7, 11) is 0. The van der Waals surface area contributed by atoms with Gasteiger partial charge < -0.3 is 49.1 Å². The fourth-order valence-electron chi connectivity index (χ4n) is 2.42. The lowest BCUT2D eigenvalue weighted by molar-refractivity contribution is -0.141. The van der Waals surface area contributed by atoms with Gasteiger partial charge in [-0.25, -0.2) is 4.79 Å². The van der Waals surface area contributed by atoms with Gasteiger partial charge in [0, 0.05) is 18.7 Å². The summed E-state index contributed by atoms with van der Waals surface area (Å²) >= 11 is 3.87. The molecule has 0 bridgehead atoms. The van der Waals surface area contributed by atoms with Crippen LogP contribution in [0.25, 0.3) is 0 Å². The molecule has 4 unspecified atom stereocenters. The Morgan fingerprint density at radius 2 is 1.39 bits per heavy atom. The van der Waals surface area contributed by atoms with E-state index in [9.17, 15) is 24.0 Å². The number of hydrogen-bond acceptors (Lipinski definition) is 9. The van der Waals surface area contributed by atoms with Crippen molar-refractivity contribution in [3.63, 3.8) is 0 Å². The van der Waals surface area contributed by atoms with Crippen LogP contribution in [-0.4, -0.2) is 88.8 Å². The number of carboxylic acid groups (broad SMARTS) is 1. The number of primary amides is 1. The van der Waals surface area contributed by atoms with Crippen LogP contribution < -0.4 is 38.9 Å². The van der Waals surface area contributed by atoms with E-state index in [0.717, 1.165) is 0 Å². The van der Waals surface area contributed by atoms with Crippen molar-refractivity contribution in [3.8, 4) is 0 Å². The second-order valence-electron chi connectivity index (χ2n) is 6.95. The molecule has 0 rings (SSSR count). The molecule has 0 aromatic carbocycles. The number of carbonyl (C=O) groups excluding carboxylic acids is 4. The Morgan fingerprint density at radius 1 is 0.879 bits per heavy atom. The molecule has 16 heteroatoms. The van der Waals surface area contributed by atoms with Crippen molar-refractivity contribution in [2.24, 2.45) is 27.9 Å². The third-order valence-electron chi connectivity index (χ3n) is 4.22. The number of carbonyl (C=O) groups is 5. The first-order valence-electron chi connectivity index (χ1n) is 9.87. The average Bonchev–Trinajstić information content (AvgIpc) is 2.75. The summed E-state index contributed by atoms with van der Waals surface area (Å²) in [6.07, 6.45) is -0.223. The van der Waals surface area contributed by atoms with Crippen molar-refractivity contribution < 1.29 is 34.2 Å². The van der Waals surface area contributed by atoms with Gasteiger partial charge in [0.05, 0.1) is 6.61 Å². The van der Waals surface area contributed by atoms with Gasteiger partial charge >= 0.3 is 5.97 Å². The molecule has 0 heterocycles. The summed E-state index contributed by atoms with van der Waals surface area (Å²) in [5.74, 6) is -4.97. The number of guanidine groups is 1. The number of amides is 4. The summed E-state index contributed by atoms with van der Waals surface area (Å²) in [6, 6.07) is -5.17. The predicted octanol–water partition coefficient (Wildman–Crippen LogP) is -4.91. The number of nitrogens with zero attached hydrogens (tertiary/aromatic N) is 1. The molecular formula is C17H32N8O7S. The maximum absolute atomic E-state index is 12.8. The lowest BCUT2D eigenvalue weighted by Gasteiger charge is -2.24. The molecule has 4 atom stereocenters.